The Labute approximate surface area is 202 Å². The molecular formula is C25H25ClN4O4. The fourth-order valence-corrected chi connectivity index (χ4v) is 5.24. The number of nitro benzene ring substituents is 1. The van der Waals surface area contributed by atoms with Crippen molar-refractivity contribution >= 4 is 40.5 Å². The van der Waals surface area contributed by atoms with Crippen LogP contribution in [0.25, 0.3) is 0 Å². The predicted molar refractivity (Wildman–Crippen MR) is 130 cm³/mol. The number of imide groups is 1. The first-order valence-electron chi connectivity index (χ1n) is 11.5. The van der Waals surface area contributed by atoms with E-state index in [0.717, 1.165) is 24.5 Å². The van der Waals surface area contributed by atoms with Gasteiger partial charge in [-0.05, 0) is 42.7 Å². The average Bonchev–Trinajstić information content (AvgIpc) is 3.11. The fraction of sp³-hybridized carbons (Fsp3) is 0.360. The summed E-state index contributed by atoms with van der Waals surface area (Å²) in [6.07, 6.45) is 4.92. The van der Waals surface area contributed by atoms with Crippen molar-refractivity contribution in [2.75, 3.05) is 36.0 Å². The zero-order chi connectivity index (χ0) is 23.8. The van der Waals surface area contributed by atoms with E-state index >= 15 is 0 Å². The fourth-order valence-electron chi connectivity index (χ4n) is 5.11. The molecule has 3 aliphatic rings. The SMILES string of the molecule is O=C1[C@@H]2CC=CC[C@H]2C(=O)N1c1ccc(N2CCN(Cc3ccc(Cl)cc3)CC2)c([N+](=O)[O-])c1. The van der Waals surface area contributed by atoms with Crippen LogP contribution in [0.1, 0.15) is 18.4 Å². The number of anilines is 2. The summed E-state index contributed by atoms with van der Waals surface area (Å²) in [7, 11) is 0. The van der Waals surface area contributed by atoms with Gasteiger partial charge in [0.2, 0.25) is 11.8 Å². The van der Waals surface area contributed by atoms with Crippen molar-refractivity contribution in [1.82, 2.24) is 4.90 Å². The number of hydrogen-bond donors (Lipinski definition) is 0. The number of allylic oxidation sites excluding steroid dienone is 2. The molecular weight excluding hydrogens is 456 g/mol. The quantitative estimate of drug-likeness (QED) is 0.278. The molecule has 0 unspecified atom stereocenters. The highest BCUT2D eigenvalue weighted by molar-refractivity contribution is 6.30. The summed E-state index contributed by atoms with van der Waals surface area (Å²) in [5, 5.41) is 12.6. The molecule has 34 heavy (non-hydrogen) atoms. The first kappa shape index (κ1) is 22.6. The molecule has 9 heteroatoms. The number of hydrogen-bond acceptors (Lipinski definition) is 6. The Bertz CT molecular complexity index is 1130. The van der Waals surface area contributed by atoms with Crippen LogP contribution in [-0.4, -0.2) is 47.8 Å². The normalized spacial score (nSPS) is 22.9. The summed E-state index contributed by atoms with van der Waals surface area (Å²) in [5.74, 6) is -1.27. The largest absolute Gasteiger partial charge is 0.363 e. The lowest BCUT2D eigenvalue weighted by molar-refractivity contribution is -0.384. The van der Waals surface area contributed by atoms with Gasteiger partial charge in [0.25, 0.3) is 5.69 Å². The minimum absolute atomic E-state index is 0.0859. The average molecular weight is 481 g/mol. The lowest BCUT2D eigenvalue weighted by Gasteiger charge is -2.36. The van der Waals surface area contributed by atoms with Crippen LogP contribution in [0.15, 0.2) is 54.6 Å². The van der Waals surface area contributed by atoms with Crippen molar-refractivity contribution in [2.24, 2.45) is 11.8 Å². The molecule has 2 heterocycles. The maximum atomic E-state index is 12.9. The number of fused-ring (bicyclic) bond motifs is 1. The summed E-state index contributed by atoms with van der Waals surface area (Å²) in [4.78, 5) is 42.8. The Kier molecular flexibility index (Phi) is 6.10. The monoisotopic (exact) mass is 480 g/mol. The van der Waals surface area contributed by atoms with Gasteiger partial charge in [0.05, 0.1) is 22.4 Å². The molecule has 176 valence electrons. The van der Waals surface area contributed by atoms with Gasteiger partial charge in [-0.1, -0.05) is 35.9 Å². The van der Waals surface area contributed by atoms with E-state index in [9.17, 15) is 19.7 Å². The Morgan fingerprint density at radius 1 is 0.912 bits per heavy atom. The molecule has 2 aliphatic heterocycles. The minimum Gasteiger partial charge on any atom is -0.363 e. The molecule has 0 bridgehead atoms. The molecule has 2 aromatic rings. The molecule has 2 amide bonds. The smallest absolute Gasteiger partial charge is 0.294 e. The summed E-state index contributed by atoms with van der Waals surface area (Å²) in [6.45, 7) is 3.61. The lowest BCUT2D eigenvalue weighted by atomic mass is 9.85. The lowest BCUT2D eigenvalue weighted by Crippen LogP contribution is -2.46. The molecule has 1 aliphatic carbocycles. The van der Waals surface area contributed by atoms with Gasteiger partial charge >= 0.3 is 0 Å². The van der Waals surface area contributed by atoms with Crippen LogP contribution in [0, 0.1) is 22.0 Å². The van der Waals surface area contributed by atoms with E-state index in [1.54, 1.807) is 12.1 Å². The second kappa shape index (κ2) is 9.19. The molecule has 5 rings (SSSR count). The number of benzene rings is 2. The van der Waals surface area contributed by atoms with Crippen molar-refractivity contribution in [1.29, 1.82) is 0 Å². The highest BCUT2D eigenvalue weighted by Gasteiger charge is 2.48. The van der Waals surface area contributed by atoms with Gasteiger partial charge in [-0.3, -0.25) is 24.6 Å². The van der Waals surface area contributed by atoms with Crippen LogP contribution in [-0.2, 0) is 16.1 Å². The van der Waals surface area contributed by atoms with E-state index in [0.29, 0.717) is 36.6 Å². The Balaban J connectivity index is 1.31. The molecule has 0 spiro atoms. The third-order valence-electron chi connectivity index (χ3n) is 6.95. The standard InChI is InChI=1S/C25H25ClN4O4/c26-18-7-5-17(6-8-18)16-27-11-13-28(14-12-27)22-10-9-19(15-23(22)30(33)34)29-24(31)20-3-1-2-4-21(20)25(29)32/h1-2,5-10,15,20-21H,3-4,11-14,16H2/t20-,21-/m1/s1. The molecule has 2 saturated heterocycles. The third kappa shape index (κ3) is 4.19. The molecule has 8 nitrogen and oxygen atoms in total. The van der Waals surface area contributed by atoms with Gasteiger partial charge in [0.1, 0.15) is 5.69 Å². The Hall–Kier alpha value is -3.23. The summed E-state index contributed by atoms with van der Waals surface area (Å²) in [6, 6.07) is 12.5. The van der Waals surface area contributed by atoms with Gasteiger partial charge in [-0.15, -0.1) is 0 Å². The van der Waals surface area contributed by atoms with Crippen LogP contribution in [0.3, 0.4) is 0 Å². The van der Waals surface area contributed by atoms with E-state index in [1.807, 2.05) is 41.3 Å². The third-order valence-corrected chi connectivity index (χ3v) is 7.21. The number of nitro groups is 1. The van der Waals surface area contributed by atoms with Gasteiger partial charge in [-0.2, -0.15) is 0 Å². The van der Waals surface area contributed by atoms with E-state index in [4.69, 9.17) is 11.6 Å². The number of piperazine rings is 1. The van der Waals surface area contributed by atoms with Crippen LogP contribution >= 0.6 is 11.6 Å². The van der Waals surface area contributed by atoms with Crippen molar-refractivity contribution in [2.45, 2.75) is 19.4 Å². The molecule has 0 saturated carbocycles. The molecule has 0 radical (unpaired) electrons. The summed E-state index contributed by atoms with van der Waals surface area (Å²) < 4.78 is 0. The van der Waals surface area contributed by atoms with Gasteiger partial charge in [-0.25, -0.2) is 4.90 Å². The number of halogens is 1. The maximum absolute atomic E-state index is 12.9. The zero-order valence-corrected chi connectivity index (χ0v) is 19.4. The second-order valence-corrected chi connectivity index (χ2v) is 9.42. The minimum atomic E-state index is -0.432. The van der Waals surface area contributed by atoms with Crippen molar-refractivity contribution < 1.29 is 14.5 Å². The van der Waals surface area contributed by atoms with Crippen molar-refractivity contribution in [3.63, 3.8) is 0 Å². The van der Waals surface area contributed by atoms with Gasteiger partial charge in [0.15, 0.2) is 0 Å². The highest BCUT2D eigenvalue weighted by atomic mass is 35.5. The van der Waals surface area contributed by atoms with E-state index in [2.05, 4.69) is 4.90 Å². The number of nitrogens with zero attached hydrogens (tertiary/aromatic N) is 4. The first-order valence-corrected chi connectivity index (χ1v) is 11.8. The molecule has 0 aromatic heterocycles. The second-order valence-electron chi connectivity index (χ2n) is 8.99. The van der Waals surface area contributed by atoms with E-state index in [-0.39, 0.29) is 35.0 Å². The van der Waals surface area contributed by atoms with Crippen LogP contribution in [0.4, 0.5) is 17.1 Å². The predicted octanol–water partition coefficient (Wildman–Crippen LogP) is 4.03. The number of amides is 2. The molecule has 2 aromatic carbocycles. The van der Waals surface area contributed by atoms with Crippen LogP contribution in [0.2, 0.25) is 5.02 Å². The molecule has 0 N–H and O–H groups in total. The van der Waals surface area contributed by atoms with E-state index in [1.165, 1.54) is 11.6 Å². The van der Waals surface area contributed by atoms with Crippen molar-refractivity contribution in [3.05, 3.63) is 75.3 Å². The Morgan fingerprint density at radius 2 is 1.53 bits per heavy atom. The van der Waals surface area contributed by atoms with Crippen molar-refractivity contribution in [3.8, 4) is 0 Å². The zero-order valence-electron chi connectivity index (χ0n) is 18.6. The molecule has 2 fully saturated rings. The van der Waals surface area contributed by atoms with Crippen LogP contribution < -0.4 is 9.80 Å². The first-order chi connectivity index (χ1) is 16.4. The molecule has 2 atom stereocenters. The topological polar surface area (TPSA) is 87.0 Å². The number of carbonyl (C=O) groups excluding carboxylic acids is 2. The highest BCUT2D eigenvalue weighted by Crippen LogP contribution is 2.40. The summed E-state index contributed by atoms with van der Waals surface area (Å²) >= 11 is 5.96. The summed E-state index contributed by atoms with van der Waals surface area (Å²) in [5.41, 5.74) is 1.88. The van der Waals surface area contributed by atoms with Gasteiger partial charge in [0, 0.05) is 43.8 Å². The van der Waals surface area contributed by atoms with Crippen LogP contribution in [0.5, 0.6) is 0 Å². The van der Waals surface area contributed by atoms with Gasteiger partial charge < -0.3 is 4.90 Å². The Morgan fingerprint density at radius 3 is 2.12 bits per heavy atom. The van der Waals surface area contributed by atoms with E-state index < -0.39 is 4.92 Å². The maximum Gasteiger partial charge on any atom is 0.294 e. The number of carbonyl (C=O) groups is 2. The number of rotatable bonds is 5.